The van der Waals surface area contributed by atoms with Crippen molar-refractivity contribution in [1.82, 2.24) is 10.6 Å². The summed E-state index contributed by atoms with van der Waals surface area (Å²) in [5.74, 6) is 0.455. The molecule has 2 aromatic rings. The number of benzene rings is 2. The van der Waals surface area contributed by atoms with Crippen LogP contribution in [0.2, 0.25) is 10.0 Å². The average Bonchev–Trinajstić information content (AvgIpc) is 3.10. The van der Waals surface area contributed by atoms with Crippen molar-refractivity contribution in [3.63, 3.8) is 0 Å². The average molecular weight is 457 g/mol. The summed E-state index contributed by atoms with van der Waals surface area (Å²) >= 11 is 15.6. The fourth-order valence-electron chi connectivity index (χ4n) is 2.94. The number of hydrogen-bond donors (Lipinski definition) is 3. The Bertz CT molecular complexity index is 794. The quantitative estimate of drug-likeness (QED) is 0.590. The van der Waals surface area contributed by atoms with E-state index in [-0.39, 0.29) is 5.91 Å². The molecular formula is C19H20BrCl2N3O. The maximum absolute atomic E-state index is 12.4. The summed E-state index contributed by atoms with van der Waals surface area (Å²) in [6, 6.07) is 10.7. The largest absolute Gasteiger partial charge is 0.321 e. The maximum atomic E-state index is 12.4. The second-order valence-electron chi connectivity index (χ2n) is 6.38. The highest BCUT2D eigenvalue weighted by Gasteiger charge is 2.14. The third-order valence-electron chi connectivity index (χ3n) is 4.38. The molecule has 0 spiro atoms. The van der Waals surface area contributed by atoms with Crippen molar-refractivity contribution < 1.29 is 4.79 Å². The zero-order valence-electron chi connectivity index (χ0n) is 14.1. The summed E-state index contributed by atoms with van der Waals surface area (Å²) in [7, 11) is 0. The van der Waals surface area contributed by atoms with Gasteiger partial charge in [0.25, 0.3) is 5.91 Å². The summed E-state index contributed by atoms with van der Waals surface area (Å²) < 4.78 is 0.640. The molecule has 1 saturated heterocycles. The van der Waals surface area contributed by atoms with Crippen molar-refractivity contribution in [2.75, 3.05) is 25.0 Å². The van der Waals surface area contributed by atoms with Crippen LogP contribution in [0.3, 0.4) is 0 Å². The molecule has 0 bridgehead atoms. The maximum Gasteiger partial charge on any atom is 0.256 e. The standard InChI is InChI=1S/C19H20BrCl2N3O/c20-16-8-14(21)2-3-15(16)19(26)25-18-4-1-12(7-17(18)22)9-24-11-13-5-6-23-10-13/h1-4,7-8,13,23-24H,5-6,9-11H2,(H,25,26). The van der Waals surface area contributed by atoms with Gasteiger partial charge in [0.2, 0.25) is 0 Å². The highest BCUT2D eigenvalue weighted by atomic mass is 79.9. The molecule has 26 heavy (non-hydrogen) atoms. The van der Waals surface area contributed by atoms with Crippen LogP contribution < -0.4 is 16.0 Å². The molecule has 3 rings (SSSR count). The van der Waals surface area contributed by atoms with Gasteiger partial charge in [0.15, 0.2) is 0 Å². The minimum atomic E-state index is -0.241. The highest BCUT2D eigenvalue weighted by Crippen LogP contribution is 2.26. The summed E-state index contributed by atoms with van der Waals surface area (Å²) in [5.41, 5.74) is 2.18. The second kappa shape index (κ2) is 9.20. The van der Waals surface area contributed by atoms with Gasteiger partial charge < -0.3 is 16.0 Å². The summed E-state index contributed by atoms with van der Waals surface area (Å²) in [4.78, 5) is 12.4. The third kappa shape index (κ3) is 5.21. The Morgan fingerprint density at radius 1 is 1.23 bits per heavy atom. The number of anilines is 1. The zero-order chi connectivity index (χ0) is 18.5. The third-order valence-corrected chi connectivity index (χ3v) is 5.59. The summed E-state index contributed by atoms with van der Waals surface area (Å²) in [6.07, 6.45) is 1.22. The molecule has 7 heteroatoms. The van der Waals surface area contributed by atoms with Crippen molar-refractivity contribution >= 4 is 50.7 Å². The van der Waals surface area contributed by atoms with E-state index in [1.165, 1.54) is 6.42 Å². The minimum Gasteiger partial charge on any atom is -0.321 e. The van der Waals surface area contributed by atoms with Gasteiger partial charge in [-0.05, 0) is 83.8 Å². The predicted molar refractivity (Wildman–Crippen MR) is 111 cm³/mol. The molecular weight excluding hydrogens is 437 g/mol. The molecule has 0 aromatic heterocycles. The van der Waals surface area contributed by atoms with Crippen molar-refractivity contribution in [3.05, 3.63) is 62.0 Å². The number of hydrogen-bond acceptors (Lipinski definition) is 3. The molecule has 1 fully saturated rings. The number of rotatable bonds is 6. The fraction of sp³-hybridized carbons (Fsp3) is 0.316. The first-order valence-electron chi connectivity index (χ1n) is 8.49. The second-order valence-corrected chi connectivity index (χ2v) is 8.08. The first kappa shape index (κ1) is 19.6. The van der Waals surface area contributed by atoms with Gasteiger partial charge in [-0.25, -0.2) is 0 Å². The zero-order valence-corrected chi connectivity index (χ0v) is 17.2. The molecule has 4 nitrogen and oxygen atoms in total. The predicted octanol–water partition coefficient (Wildman–Crippen LogP) is 4.71. The molecule has 0 radical (unpaired) electrons. The van der Waals surface area contributed by atoms with E-state index in [0.29, 0.717) is 31.7 Å². The highest BCUT2D eigenvalue weighted by molar-refractivity contribution is 9.10. The van der Waals surface area contributed by atoms with Gasteiger partial charge in [-0.2, -0.15) is 0 Å². The number of carbonyl (C=O) groups is 1. The molecule has 1 amide bonds. The van der Waals surface area contributed by atoms with Gasteiger partial charge in [0, 0.05) is 16.0 Å². The molecule has 1 heterocycles. The molecule has 1 atom stereocenters. The molecule has 2 aromatic carbocycles. The summed E-state index contributed by atoms with van der Waals surface area (Å²) in [5, 5.41) is 10.8. The van der Waals surface area contributed by atoms with E-state index >= 15 is 0 Å². The van der Waals surface area contributed by atoms with Crippen LogP contribution in [0.5, 0.6) is 0 Å². The fourth-order valence-corrected chi connectivity index (χ4v) is 4.06. The lowest BCUT2D eigenvalue weighted by Crippen LogP contribution is -2.24. The van der Waals surface area contributed by atoms with Gasteiger partial charge >= 0.3 is 0 Å². The van der Waals surface area contributed by atoms with Crippen molar-refractivity contribution in [3.8, 4) is 0 Å². The Balaban J connectivity index is 1.59. The van der Waals surface area contributed by atoms with Crippen LogP contribution in [-0.4, -0.2) is 25.5 Å². The molecule has 138 valence electrons. The van der Waals surface area contributed by atoms with E-state index in [2.05, 4.69) is 31.9 Å². The normalized spacial score (nSPS) is 16.7. The smallest absolute Gasteiger partial charge is 0.256 e. The van der Waals surface area contributed by atoms with Crippen LogP contribution in [0.15, 0.2) is 40.9 Å². The Morgan fingerprint density at radius 2 is 2.08 bits per heavy atom. The topological polar surface area (TPSA) is 53.2 Å². The first-order chi connectivity index (χ1) is 12.5. The number of amides is 1. The molecule has 1 aliphatic heterocycles. The number of nitrogens with one attached hydrogen (secondary N) is 3. The Morgan fingerprint density at radius 3 is 2.77 bits per heavy atom. The number of halogens is 3. The van der Waals surface area contributed by atoms with Crippen LogP contribution in [0.1, 0.15) is 22.3 Å². The van der Waals surface area contributed by atoms with E-state index < -0.39 is 0 Å². The lowest BCUT2D eigenvalue weighted by atomic mass is 10.1. The van der Waals surface area contributed by atoms with Crippen LogP contribution in [0, 0.1) is 5.92 Å². The van der Waals surface area contributed by atoms with Crippen molar-refractivity contribution in [1.29, 1.82) is 0 Å². The number of carbonyl (C=O) groups excluding carboxylic acids is 1. The van der Waals surface area contributed by atoms with Crippen LogP contribution >= 0.6 is 39.1 Å². The van der Waals surface area contributed by atoms with Gasteiger partial charge in [-0.1, -0.05) is 29.3 Å². The Hall–Kier alpha value is -1.11. The SMILES string of the molecule is O=C(Nc1ccc(CNCC2CCNC2)cc1Cl)c1ccc(Cl)cc1Br. The van der Waals surface area contributed by atoms with Crippen LogP contribution in [0.25, 0.3) is 0 Å². The van der Waals surface area contributed by atoms with E-state index in [1.807, 2.05) is 18.2 Å². The van der Waals surface area contributed by atoms with Crippen molar-refractivity contribution in [2.24, 2.45) is 5.92 Å². The van der Waals surface area contributed by atoms with Gasteiger partial charge in [0.1, 0.15) is 0 Å². The summed E-state index contributed by atoms with van der Waals surface area (Å²) in [6.45, 7) is 3.94. The molecule has 1 aliphatic rings. The Labute approximate surface area is 171 Å². The van der Waals surface area contributed by atoms with Crippen LogP contribution in [0.4, 0.5) is 5.69 Å². The van der Waals surface area contributed by atoms with E-state index in [0.717, 1.165) is 31.7 Å². The van der Waals surface area contributed by atoms with Gasteiger partial charge in [-0.3, -0.25) is 4.79 Å². The first-order valence-corrected chi connectivity index (χ1v) is 10.0. The molecule has 0 aliphatic carbocycles. The van der Waals surface area contributed by atoms with Crippen LogP contribution in [-0.2, 0) is 6.54 Å². The monoisotopic (exact) mass is 455 g/mol. The van der Waals surface area contributed by atoms with Gasteiger partial charge in [0.05, 0.1) is 16.3 Å². The lowest BCUT2D eigenvalue weighted by molar-refractivity contribution is 0.102. The van der Waals surface area contributed by atoms with E-state index in [1.54, 1.807) is 18.2 Å². The Kier molecular flexibility index (Phi) is 6.95. The lowest BCUT2D eigenvalue weighted by Gasteiger charge is -2.12. The van der Waals surface area contributed by atoms with E-state index in [4.69, 9.17) is 23.2 Å². The molecule has 1 unspecified atom stereocenters. The van der Waals surface area contributed by atoms with E-state index in [9.17, 15) is 4.79 Å². The minimum absolute atomic E-state index is 0.241. The van der Waals surface area contributed by atoms with Crippen molar-refractivity contribution in [2.45, 2.75) is 13.0 Å². The molecule has 3 N–H and O–H groups in total. The van der Waals surface area contributed by atoms with Gasteiger partial charge in [-0.15, -0.1) is 0 Å². The molecule has 0 saturated carbocycles.